The number of nitrogens with two attached hydrogens (primary N) is 1. The van der Waals surface area contributed by atoms with Gasteiger partial charge in [-0.25, -0.2) is 4.98 Å². The third-order valence-corrected chi connectivity index (χ3v) is 3.59. The molecule has 0 spiro atoms. The van der Waals surface area contributed by atoms with Crippen LogP contribution in [0.15, 0.2) is 6.20 Å². The smallest absolute Gasteiger partial charge is 0.329 e. The number of hydrogen-bond acceptors (Lipinski definition) is 7. The Morgan fingerprint density at radius 1 is 1.62 bits per heavy atom. The van der Waals surface area contributed by atoms with E-state index in [4.69, 9.17) is 5.73 Å². The molecule has 2 rings (SSSR count). The van der Waals surface area contributed by atoms with Crippen LogP contribution in [0.2, 0.25) is 0 Å². The number of anilines is 2. The molecule has 0 unspecified atom stereocenters. The van der Waals surface area contributed by atoms with Gasteiger partial charge in [0.1, 0.15) is 6.20 Å². The molecule has 8 heteroatoms. The van der Waals surface area contributed by atoms with E-state index < -0.39 is 4.92 Å². The molecule has 116 valence electrons. The van der Waals surface area contributed by atoms with Crippen LogP contribution in [0.4, 0.5) is 17.5 Å². The maximum atomic E-state index is 10.7. The SMILES string of the molecule is CC(C)CN1CCC[C@@H]1CNc1ncc([N+](=O)[O-])c(N)n1. The number of nitrogens with one attached hydrogen (secondary N) is 1. The molecule has 1 fully saturated rings. The van der Waals surface area contributed by atoms with E-state index in [0.717, 1.165) is 32.3 Å². The summed E-state index contributed by atoms with van der Waals surface area (Å²) < 4.78 is 0. The standard InChI is InChI=1S/C13H22N6O2/c1-9(2)8-18-5-3-4-10(18)6-15-13-16-7-11(19(20)21)12(14)17-13/h7,9-10H,3-6,8H2,1-2H3,(H3,14,15,16,17)/t10-/m1/s1. The van der Waals surface area contributed by atoms with Crippen molar-refractivity contribution < 1.29 is 4.92 Å². The quantitative estimate of drug-likeness (QED) is 0.604. The minimum atomic E-state index is -0.583. The predicted molar refractivity (Wildman–Crippen MR) is 81.0 cm³/mol. The van der Waals surface area contributed by atoms with Crippen molar-refractivity contribution in [3.05, 3.63) is 16.3 Å². The molecule has 2 heterocycles. The molecule has 0 aromatic carbocycles. The van der Waals surface area contributed by atoms with Gasteiger partial charge in [-0.1, -0.05) is 13.8 Å². The lowest BCUT2D eigenvalue weighted by molar-refractivity contribution is -0.384. The molecule has 8 nitrogen and oxygen atoms in total. The second-order valence-corrected chi connectivity index (χ2v) is 5.79. The lowest BCUT2D eigenvalue weighted by atomic mass is 10.1. The highest BCUT2D eigenvalue weighted by molar-refractivity contribution is 5.53. The summed E-state index contributed by atoms with van der Waals surface area (Å²) in [6, 6.07) is 0.451. The lowest BCUT2D eigenvalue weighted by Gasteiger charge is -2.26. The summed E-state index contributed by atoms with van der Waals surface area (Å²) in [7, 11) is 0. The molecular formula is C13H22N6O2. The Bertz CT molecular complexity index is 507. The van der Waals surface area contributed by atoms with Crippen LogP contribution in [0.3, 0.4) is 0 Å². The summed E-state index contributed by atoms with van der Waals surface area (Å²) in [6.45, 7) is 7.35. The number of rotatable bonds is 6. The van der Waals surface area contributed by atoms with E-state index in [1.807, 2.05) is 0 Å². The van der Waals surface area contributed by atoms with E-state index in [1.165, 1.54) is 6.42 Å². The Morgan fingerprint density at radius 3 is 3.00 bits per heavy atom. The lowest BCUT2D eigenvalue weighted by Crippen LogP contribution is -2.37. The van der Waals surface area contributed by atoms with Gasteiger partial charge in [0, 0.05) is 19.1 Å². The maximum absolute atomic E-state index is 10.7. The zero-order valence-corrected chi connectivity index (χ0v) is 12.5. The van der Waals surface area contributed by atoms with Crippen molar-refractivity contribution in [3.63, 3.8) is 0 Å². The number of nitrogens with zero attached hydrogens (tertiary/aromatic N) is 4. The van der Waals surface area contributed by atoms with Gasteiger partial charge < -0.3 is 11.1 Å². The predicted octanol–water partition coefficient (Wildman–Crippen LogP) is 1.50. The molecule has 0 bridgehead atoms. The first kappa shape index (κ1) is 15.4. The zero-order chi connectivity index (χ0) is 15.4. The summed E-state index contributed by atoms with van der Waals surface area (Å²) in [5.41, 5.74) is 5.29. The Labute approximate surface area is 123 Å². The number of hydrogen-bond donors (Lipinski definition) is 2. The van der Waals surface area contributed by atoms with Gasteiger partial charge in [-0.2, -0.15) is 4.98 Å². The average Bonchev–Trinajstić information content (AvgIpc) is 2.82. The summed E-state index contributed by atoms with van der Waals surface area (Å²) in [5.74, 6) is 0.870. The number of aromatic nitrogens is 2. The van der Waals surface area contributed by atoms with Crippen molar-refractivity contribution in [2.75, 3.05) is 30.7 Å². The largest absolute Gasteiger partial charge is 0.378 e. The van der Waals surface area contributed by atoms with Gasteiger partial charge in [0.25, 0.3) is 0 Å². The zero-order valence-electron chi connectivity index (χ0n) is 12.5. The molecule has 21 heavy (non-hydrogen) atoms. The van der Waals surface area contributed by atoms with Crippen molar-refractivity contribution in [2.45, 2.75) is 32.7 Å². The normalized spacial score (nSPS) is 19.1. The van der Waals surface area contributed by atoms with Crippen LogP contribution in [0.1, 0.15) is 26.7 Å². The molecule has 0 aliphatic carbocycles. The molecule has 1 aliphatic heterocycles. The van der Waals surface area contributed by atoms with Gasteiger partial charge in [0.15, 0.2) is 0 Å². The molecule has 0 amide bonds. The minimum absolute atomic E-state index is 0.108. The van der Waals surface area contributed by atoms with Crippen molar-refractivity contribution in [1.29, 1.82) is 0 Å². The highest BCUT2D eigenvalue weighted by Gasteiger charge is 2.25. The monoisotopic (exact) mass is 294 g/mol. The number of nitrogen functional groups attached to an aromatic ring is 1. The third-order valence-electron chi connectivity index (χ3n) is 3.59. The molecule has 1 atom stereocenters. The van der Waals surface area contributed by atoms with E-state index in [0.29, 0.717) is 17.9 Å². The first-order valence-corrected chi connectivity index (χ1v) is 7.22. The Hall–Kier alpha value is -1.96. The van der Waals surface area contributed by atoms with Crippen LogP contribution in [-0.2, 0) is 0 Å². The second-order valence-electron chi connectivity index (χ2n) is 5.79. The van der Waals surface area contributed by atoms with Gasteiger partial charge in [-0.15, -0.1) is 0 Å². The third kappa shape index (κ3) is 4.01. The first-order chi connectivity index (χ1) is 9.97. The number of likely N-dealkylation sites (tertiary alicyclic amines) is 1. The summed E-state index contributed by atoms with van der Waals surface area (Å²) >= 11 is 0. The van der Waals surface area contributed by atoms with Crippen LogP contribution >= 0.6 is 0 Å². The molecule has 1 saturated heterocycles. The maximum Gasteiger partial charge on any atom is 0.329 e. The van der Waals surface area contributed by atoms with Gasteiger partial charge in [0.2, 0.25) is 11.8 Å². The van der Waals surface area contributed by atoms with Crippen molar-refractivity contribution in [2.24, 2.45) is 5.92 Å². The summed E-state index contributed by atoms with van der Waals surface area (Å²) in [5, 5.41) is 13.8. The Kier molecular flexibility index (Phi) is 4.89. The van der Waals surface area contributed by atoms with E-state index in [-0.39, 0.29) is 11.5 Å². The van der Waals surface area contributed by atoms with Gasteiger partial charge in [0.05, 0.1) is 4.92 Å². The molecule has 0 saturated carbocycles. The van der Waals surface area contributed by atoms with Crippen LogP contribution in [0, 0.1) is 16.0 Å². The van der Waals surface area contributed by atoms with Crippen molar-refractivity contribution >= 4 is 17.5 Å². The average molecular weight is 294 g/mol. The Morgan fingerprint density at radius 2 is 2.38 bits per heavy atom. The van der Waals surface area contributed by atoms with Crippen molar-refractivity contribution in [3.8, 4) is 0 Å². The topological polar surface area (TPSA) is 110 Å². The van der Waals surface area contributed by atoms with E-state index in [2.05, 4.69) is 34.0 Å². The Balaban J connectivity index is 1.93. The fraction of sp³-hybridized carbons (Fsp3) is 0.692. The molecule has 1 aromatic rings. The van der Waals surface area contributed by atoms with Crippen LogP contribution < -0.4 is 11.1 Å². The van der Waals surface area contributed by atoms with Crippen LogP contribution in [0.25, 0.3) is 0 Å². The van der Waals surface area contributed by atoms with Gasteiger partial charge in [-0.05, 0) is 25.3 Å². The second kappa shape index (κ2) is 6.66. The molecule has 0 radical (unpaired) electrons. The first-order valence-electron chi connectivity index (χ1n) is 7.22. The fourth-order valence-corrected chi connectivity index (χ4v) is 2.66. The van der Waals surface area contributed by atoms with Gasteiger partial charge in [-0.3, -0.25) is 15.0 Å². The molecule has 1 aromatic heterocycles. The highest BCUT2D eigenvalue weighted by Crippen LogP contribution is 2.21. The highest BCUT2D eigenvalue weighted by atomic mass is 16.6. The minimum Gasteiger partial charge on any atom is -0.378 e. The summed E-state index contributed by atoms with van der Waals surface area (Å²) in [4.78, 5) is 20.4. The van der Waals surface area contributed by atoms with Crippen LogP contribution in [0.5, 0.6) is 0 Å². The van der Waals surface area contributed by atoms with E-state index >= 15 is 0 Å². The molecular weight excluding hydrogens is 272 g/mol. The van der Waals surface area contributed by atoms with E-state index in [9.17, 15) is 10.1 Å². The summed E-state index contributed by atoms with van der Waals surface area (Å²) in [6.07, 6.45) is 3.48. The van der Waals surface area contributed by atoms with E-state index in [1.54, 1.807) is 0 Å². The van der Waals surface area contributed by atoms with Crippen LogP contribution in [-0.4, -0.2) is 45.5 Å². The molecule has 3 N–H and O–H groups in total. The number of nitro groups is 1. The fourth-order valence-electron chi connectivity index (χ4n) is 2.66. The van der Waals surface area contributed by atoms with Gasteiger partial charge >= 0.3 is 5.69 Å². The van der Waals surface area contributed by atoms with Crippen molar-refractivity contribution in [1.82, 2.24) is 14.9 Å². The molecule has 1 aliphatic rings.